The van der Waals surface area contributed by atoms with Crippen molar-refractivity contribution in [3.05, 3.63) is 0 Å². The third-order valence-corrected chi connectivity index (χ3v) is 3.94. The molecule has 0 aromatic carbocycles. The van der Waals surface area contributed by atoms with Gasteiger partial charge in [-0.3, -0.25) is 4.79 Å². The predicted molar refractivity (Wildman–Crippen MR) is 71.4 cm³/mol. The number of hydrogen-bond acceptors (Lipinski definition) is 1. The summed E-state index contributed by atoms with van der Waals surface area (Å²) in [6.07, 6.45) is 0.717. The largest absolute Gasteiger partial charge is 0.299 e. The fourth-order valence-corrected chi connectivity index (χ4v) is 3.51. The monoisotopic (exact) mass is 274 g/mol. The van der Waals surface area contributed by atoms with E-state index in [1.807, 2.05) is 0 Å². The van der Waals surface area contributed by atoms with Gasteiger partial charge < -0.3 is 0 Å². The molecule has 0 spiro atoms. The maximum Gasteiger partial charge on any atom is 0.140 e. The number of carbonyl (C=O) groups excluding carboxylic acids is 1. The molecule has 0 saturated carbocycles. The molecule has 0 fully saturated rings. The van der Waals surface area contributed by atoms with Gasteiger partial charge in [-0.25, -0.2) is 0 Å². The van der Waals surface area contributed by atoms with Gasteiger partial charge in [0.15, 0.2) is 0 Å². The molecule has 0 atom stereocenters. The van der Waals surface area contributed by atoms with Gasteiger partial charge in [-0.2, -0.15) is 0 Å². The molecule has 0 heterocycles. The van der Waals surface area contributed by atoms with Crippen LogP contribution in [0.3, 0.4) is 0 Å². The number of rotatable bonds is 6. The molecule has 0 aromatic heterocycles. The Kier molecular flexibility index (Phi) is 8.98. The molecule has 0 bridgehead atoms. The van der Waals surface area contributed by atoms with Gasteiger partial charge in [0.2, 0.25) is 0 Å². The first-order valence-electron chi connectivity index (χ1n) is 6.70. The molecule has 17 heavy (non-hydrogen) atoms. The van der Waals surface area contributed by atoms with E-state index in [1.54, 1.807) is 0 Å². The van der Waals surface area contributed by atoms with Crippen LogP contribution in [0.5, 0.6) is 0 Å². The van der Waals surface area contributed by atoms with Gasteiger partial charge in [0, 0.05) is 33.6 Å². The molecular formula is C15H30OTi. The van der Waals surface area contributed by atoms with Gasteiger partial charge in [-0.15, -0.1) is 0 Å². The molecule has 0 amide bonds. The van der Waals surface area contributed by atoms with Crippen LogP contribution in [0.15, 0.2) is 0 Å². The molecule has 100 valence electrons. The summed E-state index contributed by atoms with van der Waals surface area (Å²) in [6, 6.07) is 0. The second-order valence-electron chi connectivity index (χ2n) is 6.42. The topological polar surface area (TPSA) is 17.1 Å². The molecule has 0 radical (unpaired) electrons. The average molecular weight is 274 g/mol. The van der Waals surface area contributed by atoms with Gasteiger partial charge in [-0.1, -0.05) is 55.4 Å². The molecular weight excluding hydrogens is 244 g/mol. The Labute approximate surface area is 123 Å². The zero-order chi connectivity index (χ0) is 13.1. The summed E-state index contributed by atoms with van der Waals surface area (Å²) in [6.45, 7) is 17.4. The van der Waals surface area contributed by atoms with Crippen molar-refractivity contribution in [2.75, 3.05) is 0 Å². The van der Waals surface area contributed by atoms with E-state index in [4.69, 9.17) is 0 Å². The fraction of sp³-hybridized carbons (Fsp3) is 0.933. The summed E-state index contributed by atoms with van der Waals surface area (Å²) in [7, 11) is 0. The summed E-state index contributed by atoms with van der Waals surface area (Å²) in [5.74, 6) is 2.17. The van der Waals surface area contributed by atoms with Crippen LogP contribution in [0.25, 0.3) is 0 Å². The Morgan fingerprint density at radius 2 is 1.12 bits per heavy atom. The summed E-state index contributed by atoms with van der Waals surface area (Å²) in [5, 5.41) is 0. The quantitative estimate of drug-likeness (QED) is 0.649. The van der Waals surface area contributed by atoms with Gasteiger partial charge in [0.1, 0.15) is 5.78 Å². The smallest absolute Gasteiger partial charge is 0.140 e. The second-order valence-corrected chi connectivity index (χ2v) is 6.42. The van der Waals surface area contributed by atoms with Crippen molar-refractivity contribution in [2.45, 2.75) is 61.8 Å². The van der Waals surface area contributed by atoms with Gasteiger partial charge in [0.05, 0.1) is 0 Å². The molecule has 0 rings (SSSR count). The van der Waals surface area contributed by atoms with E-state index in [0.717, 1.165) is 0 Å². The standard InChI is InChI=1S/C15H30O.Ti/c1-10(2)9-14(16)15(11(3)4,12(5)6)13(7)8;/h10-13H,9H2,1-8H3;. The molecule has 0 unspecified atom stereocenters. The first-order valence-corrected chi connectivity index (χ1v) is 6.70. The first kappa shape index (κ1) is 19.7. The number of hydrogen-bond donors (Lipinski definition) is 0. The van der Waals surface area contributed by atoms with E-state index in [-0.39, 0.29) is 27.1 Å². The predicted octanol–water partition coefficient (Wildman–Crippen LogP) is 4.55. The van der Waals surface area contributed by atoms with Crippen LogP contribution in [0.2, 0.25) is 0 Å². The summed E-state index contributed by atoms with van der Waals surface area (Å²) in [4.78, 5) is 12.6. The molecule has 2 heteroatoms. The summed E-state index contributed by atoms with van der Waals surface area (Å²) in [5.41, 5.74) is -0.149. The minimum absolute atomic E-state index is 0. The van der Waals surface area contributed by atoms with E-state index >= 15 is 0 Å². The number of ketones is 1. The average Bonchev–Trinajstić information content (AvgIpc) is 1.99. The molecule has 0 N–H and O–H groups in total. The number of Topliss-reactive ketones (excluding diaryl/α,β-unsaturated/α-hetero) is 1. The Morgan fingerprint density at radius 1 is 0.824 bits per heavy atom. The van der Waals surface area contributed by atoms with Crippen molar-refractivity contribution in [3.63, 3.8) is 0 Å². The summed E-state index contributed by atoms with van der Waals surface area (Å²) < 4.78 is 0. The maximum absolute atomic E-state index is 12.6. The van der Waals surface area contributed by atoms with Crippen molar-refractivity contribution in [1.29, 1.82) is 0 Å². The molecule has 0 aliphatic heterocycles. The van der Waals surface area contributed by atoms with Crippen LogP contribution >= 0.6 is 0 Å². The van der Waals surface area contributed by atoms with Crippen LogP contribution in [0.4, 0.5) is 0 Å². The second kappa shape index (κ2) is 7.74. The van der Waals surface area contributed by atoms with Crippen molar-refractivity contribution in [2.24, 2.45) is 29.1 Å². The first-order chi connectivity index (χ1) is 7.17. The van der Waals surface area contributed by atoms with Crippen LogP contribution in [-0.2, 0) is 26.5 Å². The van der Waals surface area contributed by atoms with E-state index in [2.05, 4.69) is 55.4 Å². The van der Waals surface area contributed by atoms with Crippen LogP contribution in [-0.4, -0.2) is 5.78 Å². The number of carbonyl (C=O) groups is 1. The Balaban J connectivity index is 0. The fourth-order valence-electron chi connectivity index (χ4n) is 3.51. The molecule has 0 aromatic rings. The minimum Gasteiger partial charge on any atom is -0.299 e. The normalized spacial score (nSPS) is 12.5. The van der Waals surface area contributed by atoms with E-state index < -0.39 is 0 Å². The Hall–Kier alpha value is 0.384. The minimum atomic E-state index is -0.149. The Bertz CT molecular complexity index is 207. The molecule has 0 aliphatic rings. The van der Waals surface area contributed by atoms with E-state index in [0.29, 0.717) is 35.9 Å². The third kappa shape index (κ3) is 4.21. The van der Waals surface area contributed by atoms with Gasteiger partial charge >= 0.3 is 0 Å². The molecule has 1 nitrogen and oxygen atoms in total. The van der Waals surface area contributed by atoms with Crippen LogP contribution < -0.4 is 0 Å². The third-order valence-electron chi connectivity index (χ3n) is 3.94. The van der Waals surface area contributed by atoms with Crippen molar-refractivity contribution < 1.29 is 26.5 Å². The van der Waals surface area contributed by atoms with Crippen molar-refractivity contribution >= 4 is 5.78 Å². The van der Waals surface area contributed by atoms with Crippen molar-refractivity contribution in [3.8, 4) is 0 Å². The zero-order valence-electron chi connectivity index (χ0n) is 12.9. The van der Waals surface area contributed by atoms with Gasteiger partial charge in [0.25, 0.3) is 0 Å². The zero-order valence-corrected chi connectivity index (χ0v) is 14.5. The Morgan fingerprint density at radius 3 is 1.29 bits per heavy atom. The van der Waals surface area contributed by atoms with E-state index in [9.17, 15) is 4.79 Å². The maximum atomic E-state index is 12.6. The van der Waals surface area contributed by atoms with Crippen molar-refractivity contribution in [1.82, 2.24) is 0 Å². The molecule has 0 saturated heterocycles. The van der Waals surface area contributed by atoms with Crippen LogP contribution in [0, 0.1) is 29.1 Å². The summed E-state index contributed by atoms with van der Waals surface area (Å²) >= 11 is 0. The van der Waals surface area contributed by atoms with Gasteiger partial charge in [-0.05, 0) is 23.7 Å². The van der Waals surface area contributed by atoms with E-state index in [1.165, 1.54) is 0 Å². The van der Waals surface area contributed by atoms with Crippen LogP contribution in [0.1, 0.15) is 61.8 Å². The molecule has 0 aliphatic carbocycles. The SMILES string of the molecule is CC(C)CC(=O)C(C(C)C)(C(C)C)C(C)C.[Ti].